The summed E-state index contributed by atoms with van der Waals surface area (Å²) in [6, 6.07) is 6.22. The van der Waals surface area contributed by atoms with Gasteiger partial charge in [0.2, 0.25) is 0 Å². The number of carbonyl (C=O) groups excluding carboxylic acids is 2. The van der Waals surface area contributed by atoms with Crippen LogP contribution in [0, 0.1) is 12.7 Å². The van der Waals surface area contributed by atoms with Gasteiger partial charge in [-0.2, -0.15) is 23.1 Å². The molecule has 4 rings (SSSR count). The van der Waals surface area contributed by atoms with Crippen LogP contribution in [0.2, 0.25) is 5.02 Å². The molecule has 0 aliphatic carbocycles. The van der Waals surface area contributed by atoms with Gasteiger partial charge in [0.15, 0.2) is 5.82 Å². The fraction of sp³-hybridized carbons (Fsp3) is 0.150. The molecule has 0 atom stereocenters. The zero-order valence-corrected chi connectivity index (χ0v) is 18.8. The van der Waals surface area contributed by atoms with Crippen LogP contribution < -0.4 is 11.1 Å². The van der Waals surface area contributed by atoms with Gasteiger partial charge >= 0.3 is 6.18 Å². The van der Waals surface area contributed by atoms with E-state index in [1.165, 1.54) is 31.3 Å². The Morgan fingerprint density at radius 2 is 1.94 bits per heavy atom. The lowest BCUT2D eigenvalue weighted by Crippen LogP contribution is -2.22. The highest BCUT2D eigenvalue weighted by molar-refractivity contribution is 6.32. The molecule has 1 aromatic carbocycles. The standard InChI is InChI=1S/C20H14ClF4N9O2/c1-9-5-10(22)6-12(16(26)35)15(9)28-18(36)14-7-11(8-33-31-19(29-32-33)20(23,24)25)30-34(14)17-13(21)3-2-4-27-17/h2-7H,8H2,1H3,(H2,26,35)(H,28,36). The van der Waals surface area contributed by atoms with Crippen LogP contribution in [0.4, 0.5) is 23.2 Å². The summed E-state index contributed by atoms with van der Waals surface area (Å²) < 4.78 is 53.3. The predicted octanol–water partition coefficient (Wildman–Crippen LogP) is 2.77. The number of primary amides is 1. The van der Waals surface area contributed by atoms with Crippen LogP contribution >= 0.6 is 11.6 Å². The molecule has 16 heteroatoms. The molecule has 0 bridgehead atoms. The van der Waals surface area contributed by atoms with Gasteiger partial charge in [-0.1, -0.05) is 11.6 Å². The summed E-state index contributed by atoms with van der Waals surface area (Å²) in [6.07, 6.45) is -3.41. The quantitative estimate of drug-likeness (QED) is 0.369. The van der Waals surface area contributed by atoms with Crippen LogP contribution in [0.25, 0.3) is 5.82 Å². The lowest BCUT2D eigenvalue weighted by Gasteiger charge is -2.13. The molecule has 0 unspecified atom stereocenters. The number of pyridine rings is 1. The first kappa shape index (κ1) is 24.7. The van der Waals surface area contributed by atoms with E-state index in [0.717, 1.165) is 16.8 Å². The van der Waals surface area contributed by atoms with Crippen molar-refractivity contribution in [1.82, 2.24) is 35.0 Å². The molecule has 2 amide bonds. The first-order valence-electron chi connectivity index (χ1n) is 9.90. The van der Waals surface area contributed by atoms with Gasteiger partial charge in [0.25, 0.3) is 17.6 Å². The van der Waals surface area contributed by atoms with Crippen LogP contribution in [0.15, 0.2) is 36.5 Å². The molecule has 0 saturated heterocycles. The van der Waals surface area contributed by atoms with E-state index in [-0.39, 0.29) is 45.6 Å². The highest BCUT2D eigenvalue weighted by Crippen LogP contribution is 2.26. The number of nitrogens with zero attached hydrogens (tertiary/aromatic N) is 7. The number of anilines is 1. The number of nitrogens with one attached hydrogen (secondary N) is 1. The normalized spacial score (nSPS) is 11.5. The van der Waals surface area contributed by atoms with Gasteiger partial charge in [-0.15, -0.1) is 10.2 Å². The number of carbonyl (C=O) groups is 2. The highest BCUT2D eigenvalue weighted by Gasteiger charge is 2.37. The third-order valence-electron chi connectivity index (χ3n) is 4.75. The summed E-state index contributed by atoms with van der Waals surface area (Å²) in [5.74, 6) is -3.95. The van der Waals surface area contributed by atoms with Crippen molar-refractivity contribution in [2.45, 2.75) is 19.6 Å². The molecule has 0 aliphatic rings. The van der Waals surface area contributed by atoms with Crippen LogP contribution in [0.5, 0.6) is 0 Å². The lowest BCUT2D eigenvalue weighted by atomic mass is 10.1. The number of hydrogen-bond acceptors (Lipinski definition) is 7. The maximum atomic E-state index is 13.8. The van der Waals surface area contributed by atoms with Crippen molar-refractivity contribution >= 4 is 29.1 Å². The largest absolute Gasteiger partial charge is 0.455 e. The fourth-order valence-corrected chi connectivity index (χ4v) is 3.41. The highest BCUT2D eigenvalue weighted by atomic mass is 35.5. The minimum Gasteiger partial charge on any atom is -0.366 e. The Labute approximate surface area is 203 Å². The summed E-state index contributed by atoms with van der Waals surface area (Å²) in [7, 11) is 0. The predicted molar refractivity (Wildman–Crippen MR) is 116 cm³/mol. The van der Waals surface area contributed by atoms with Crippen LogP contribution in [-0.4, -0.2) is 46.8 Å². The smallest absolute Gasteiger partial charge is 0.366 e. The Morgan fingerprint density at radius 3 is 2.58 bits per heavy atom. The van der Waals surface area contributed by atoms with Crippen LogP contribution in [0.3, 0.4) is 0 Å². The number of tetrazole rings is 1. The Kier molecular flexibility index (Phi) is 6.41. The van der Waals surface area contributed by atoms with Crippen molar-refractivity contribution in [2.24, 2.45) is 5.73 Å². The maximum Gasteiger partial charge on any atom is 0.455 e. The van der Waals surface area contributed by atoms with Crippen molar-refractivity contribution in [1.29, 1.82) is 0 Å². The van der Waals surface area contributed by atoms with Crippen molar-refractivity contribution < 1.29 is 27.2 Å². The number of aryl methyl sites for hydroxylation is 1. The molecule has 3 aromatic heterocycles. The summed E-state index contributed by atoms with van der Waals surface area (Å²) >= 11 is 6.21. The third-order valence-corrected chi connectivity index (χ3v) is 5.04. The minimum atomic E-state index is -4.80. The molecule has 0 aliphatic heterocycles. The van der Waals surface area contributed by atoms with E-state index in [1.54, 1.807) is 0 Å². The molecule has 0 spiro atoms. The van der Waals surface area contributed by atoms with Gasteiger partial charge < -0.3 is 11.1 Å². The second-order valence-corrected chi connectivity index (χ2v) is 7.75. The molecular formula is C20H14ClF4N9O2. The average Bonchev–Trinajstić information content (AvgIpc) is 3.43. The Morgan fingerprint density at radius 1 is 1.19 bits per heavy atom. The molecule has 0 radical (unpaired) electrons. The van der Waals surface area contributed by atoms with Crippen LogP contribution in [-0.2, 0) is 12.7 Å². The van der Waals surface area contributed by atoms with Gasteiger partial charge in [-0.25, -0.2) is 14.1 Å². The zero-order chi connectivity index (χ0) is 26.2. The molecule has 3 heterocycles. The molecule has 0 fully saturated rings. The minimum absolute atomic E-state index is 0.0315. The molecule has 11 nitrogen and oxygen atoms in total. The summed E-state index contributed by atoms with van der Waals surface area (Å²) in [6.45, 7) is 1.07. The van der Waals surface area contributed by atoms with Gasteiger partial charge in [-0.3, -0.25) is 9.59 Å². The molecule has 186 valence electrons. The molecule has 3 N–H and O–H groups in total. The summed E-state index contributed by atoms with van der Waals surface area (Å²) in [5.41, 5.74) is 5.12. The fourth-order valence-electron chi connectivity index (χ4n) is 3.21. The van der Waals surface area contributed by atoms with Crippen molar-refractivity contribution in [2.75, 3.05) is 5.32 Å². The Hall–Kier alpha value is -4.40. The number of benzene rings is 1. The zero-order valence-electron chi connectivity index (χ0n) is 18.1. The first-order valence-corrected chi connectivity index (χ1v) is 10.3. The van der Waals surface area contributed by atoms with Crippen molar-refractivity contribution in [3.63, 3.8) is 0 Å². The molecule has 36 heavy (non-hydrogen) atoms. The topological polar surface area (TPSA) is 146 Å². The van der Waals surface area contributed by atoms with Crippen molar-refractivity contribution in [3.8, 4) is 5.82 Å². The number of rotatable bonds is 6. The number of nitrogens with two attached hydrogens (primary N) is 1. The second-order valence-electron chi connectivity index (χ2n) is 7.35. The molecular weight excluding hydrogens is 510 g/mol. The number of amides is 2. The first-order chi connectivity index (χ1) is 16.9. The number of aromatic nitrogens is 7. The van der Waals surface area contributed by atoms with E-state index in [4.69, 9.17) is 17.3 Å². The maximum absolute atomic E-state index is 13.8. The molecule has 4 aromatic rings. The van der Waals surface area contributed by atoms with Gasteiger partial charge in [-0.05, 0) is 48.0 Å². The van der Waals surface area contributed by atoms with Gasteiger partial charge in [0.05, 0.1) is 22.0 Å². The Bertz CT molecular complexity index is 1480. The van der Waals surface area contributed by atoms with E-state index in [0.29, 0.717) is 4.80 Å². The molecule has 0 saturated carbocycles. The lowest BCUT2D eigenvalue weighted by molar-refractivity contribution is -0.145. The third kappa shape index (κ3) is 5.00. The summed E-state index contributed by atoms with van der Waals surface area (Å²) in [4.78, 5) is 29.8. The second kappa shape index (κ2) is 9.33. The van der Waals surface area contributed by atoms with E-state index in [9.17, 15) is 27.2 Å². The number of alkyl halides is 3. The van der Waals surface area contributed by atoms with E-state index < -0.39 is 29.6 Å². The Balaban J connectivity index is 1.75. The van der Waals surface area contributed by atoms with Crippen molar-refractivity contribution in [3.05, 3.63) is 75.7 Å². The average molecular weight is 524 g/mol. The summed E-state index contributed by atoms with van der Waals surface area (Å²) in [5, 5.41) is 16.4. The van der Waals surface area contributed by atoms with Gasteiger partial charge in [0, 0.05) is 6.20 Å². The van der Waals surface area contributed by atoms with E-state index in [1.807, 2.05) is 0 Å². The van der Waals surface area contributed by atoms with E-state index in [2.05, 4.69) is 30.8 Å². The van der Waals surface area contributed by atoms with Crippen LogP contribution in [0.1, 0.15) is 37.9 Å². The number of halogens is 5. The monoisotopic (exact) mass is 523 g/mol. The van der Waals surface area contributed by atoms with E-state index >= 15 is 0 Å². The van der Waals surface area contributed by atoms with Gasteiger partial charge in [0.1, 0.15) is 18.1 Å². The number of hydrogen-bond donors (Lipinski definition) is 2. The SMILES string of the molecule is Cc1cc(F)cc(C(N)=O)c1NC(=O)c1cc(Cn2nnc(C(F)(F)F)n2)nn1-c1ncccc1Cl.